The normalized spacial score (nSPS) is 12.0. The molecule has 114 valence electrons. The predicted octanol–water partition coefficient (Wildman–Crippen LogP) is 2.94. The average Bonchev–Trinajstić information content (AvgIpc) is 2.41. The van der Waals surface area contributed by atoms with Crippen LogP contribution in [0.1, 0.15) is 33.6 Å². The van der Waals surface area contributed by atoms with Crippen molar-refractivity contribution >= 4 is 22.5 Å². The van der Waals surface area contributed by atoms with Crippen LogP contribution in [0.4, 0.5) is 0 Å². The van der Waals surface area contributed by atoms with Crippen molar-refractivity contribution in [3.63, 3.8) is 0 Å². The smallest absolute Gasteiger partial charge is 0.293 e. The summed E-state index contributed by atoms with van der Waals surface area (Å²) in [6.07, 6.45) is 1.66. The van der Waals surface area contributed by atoms with E-state index in [0.29, 0.717) is 23.3 Å². The zero-order valence-electron chi connectivity index (χ0n) is 12.7. The minimum Gasteiger partial charge on any atom is -0.293 e. The molecule has 0 aliphatic carbocycles. The van der Waals surface area contributed by atoms with Crippen molar-refractivity contribution in [1.29, 1.82) is 0 Å². The number of aromatic nitrogens is 2. The number of fused-ring (bicyclic) bond motifs is 1. The predicted molar refractivity (Wildman–Crippen MR) is 87.4 cm³/mol. The molecular weight excluding hydrogens is 288 g/mol. The average molecular weight is 309 g/mol. The van der Waals surface area contributed by atoms with Crippen LogP contribution in [-0.2, 0) is 12.1 Å². The third-order valence-corrected chi connectivity index (χ3v) is 3.75. The van der Waals surface area contributed by atoms with Crippen molar-refractivity contribution in [2.45, 2.75) is 45.7 Å². The van der Waals surface area contributed by atoms with E-state index in [1.807, 2.05) is 39.0 Å². The summed E-state index contributed by atoms with van der Waals surface area (Å²) in [6, 6.07) is 7.27. The van der Waals surface area contributed by atoms with E-state index in [1.165, 1.54) is 4.57 Å². The third-order valence-electron chi connectivity index (χ3n) is 3.49. The van der Waals surface area contributed by atoms with Gasteiger partial charge in [-0.05, 0) is 45.7 Å². The Kier molecular flexibility index (Phi) is 4.57. The molecule has 0 N–H and O–H groups in total. The summed E-state index contributed by atoms with van der Waals surface area (Å²) in [5, 5.41) is 0.581. The molecule has 1 aromatic heterocycles. The largest absolute Gasteiger partial charge is 0.331 e. The number of alkyl halides is 1. The summed E-state index contributed by atoms with van der Waals surface area (Å²) in [5.74, 6) is 0.575. The Morgan fingerprint density at radius 1 is 1.10 bits per heavy atom. The van der Waals surface area contributed by atoms with E-state index in [2.05, 4.69) is 0 Å². The minimum atomic E-state index is -0.549. The fraction of sp³-hybridized carbons (Fsp3) is 0.500. The Bertz CT molecular complexity index is 753. The second-order valence-electron chi connectivity index (χ2n) is 6.16. The molecule has 0 radical (unpaired) electrons. The van der Waals surface area contributed by atoms with Gasteiger partial charge in [0, 0.05) is 18.0 Å². The van der Waals surface area contributed by atoms with Gasteiger partial charge in [-0.25, -0.2) is 4.79 Å². The molecule has 0 saturated carbocycles. The summed E-state index contributed by atoms with van der Waals surface area (Å²) < 4.78 is 3.03. The lowest BCUT2D eigenvalue weighted by Gasteiger charge is -2.23. The maximum Gasteiger partial charge on any atom is 0.331 e. The SMILES string of the molecule is CC(C)(C)n1c(=O)c2ccccc2n(CCCCCl)c1=O. The molecule has 1 heterocycles. The van der Waals surface area contributed by atoms with E-state index in [4.69, 9.17) is 11.6 Å². The number of rotatable bonds is 4. The third kappa shape index (κ3) is 3.05. The van der Waals surface area contributed by atoms with Crippen LogP contribution in [0.3, 0.4) is 0 Å². The van der Waals surface area contributed by atoms with Crippen LogP contribution in [0.25, 0.3) is 10.9 Å². The van der Waals surface area contributed by atoms with Crippen LogP contribution in [0, 0.1) is 0 Å². The molecule has 0 unspecified atom stereocenters. The van der Waals surface area contributed by atoms with Crippen molar-refractivity contribution < 1.29 is 0 Å². The molecule has 2 aromatic rings. The summed E-state index contributed by atoms with van der Waals surface area (Å²) in [4.78, 5) is 25.3. The van der Waals surface area contributed by atoms with Crippen molar-refractivity contribution in [2.24, 2.45) is 0 Å². The van der Waals surface area contributed by atoms with Gasteiger partial charge in [-0.2, -0.15) is 0 Å². The quantitative estimate of drug-likeness (QED) is 0.644. The highest BCUT2D eigenvalue weighted by molar-refractivity contribution is 6.17. The Balaban J connectivity index is 2.76. The number of aryl methyl sites for hydroxylation is 1. The first-order valence-corrected chi connectivity index (χ1v) is 7.72. The van der Waals surface area contributed by atoms with Gasteiger partial charge in [0.25, 0.3) is 5.56 Å². The number of benzene rings is 1. The van der Waals surface area contributed by atoms with Gasteiger partial charge in [0.2, 0.25) is 0 Å². The lowest BCUT2D eigenvalue weighted by Crippen LogP contribution is -2.47. The first-order chi connectivity index (χ1) is 9.88. The fourth-order valence-corrected chi connectivity index (χ4v) is 2.68. The Morgan fingerprint density at radius 3 is 2.38 bits per heavy atom. The van der Waals surface area contributed by atoms with E-state index < -0.39 is 5.54 Å². The van der Waals surface area contributed by atoms with Gasteiger partial charge in [0.15, 0.2) is 0 Å². The second-order valence-corrected chi connectivity index (χ2v) is 6.54. The van der Waals surface area contributed by atoms with Crippen LogP contribution >= 0.6 is 11.6 Å². The zero-order chi connectivity index (χ0) is 15.6. The van der Waals surface area contributed by atoms with Crippen molar-refractivity contribution in [3.05, 3.63) is 45.1 Å². The highest BCUT2D eigenvalue weighted by Gasteiger charge is 2.21. The van der Waals surface area contributed by atoms with E-state index in [1.54, 1.807) is 10.6 Å². The molecule has 0 amide bonds. The van der Waals surface area contributed by atoms with Gasteiger partial charge >= 0.3 is 5.69 Å². The van der Waals surface area contributed by atoms with E-state index >= 15 is 0 Å². The molecule has 21 heavy (non-hydrogen) atoms. The van der Waals surface area contributed by atoms with Crippen LogP contribution in [-0.4, -0.2) is 15.0 Å². The van der Waals surface area contributed by atoms with Crippen molar-refractivity contribution in [1.82, 2.24) is 9.13 Å². The van der Waals surface area contributed by atoms with Gasteiger partial charge in [0.1, 0.15) is 0 Å². The Labute approximate surface area is 129 Å². The van der Waals surface area contributed by atoms with Crippen LogP contribution in [0.15, 0.2) is 33.9 Å². The van der Waals surface area contributed by atoms with Crippen LogP contribution < -0.4 is 11.2 Å². The molecular formula is C16H21ClN2O2. The summed E-state index contributed by atoms with van der Waals surface area (Å²) in [7, 11) is 0. The second kappa shape index (κ2) is 6.06. The number of halogens is 1. The number of nitrogens with zero attached hydrogens (tertiary/aromatic N) is 2. The molecule has 0 aliphatic heterocycles. The first-order valence-electron chi connectivity index (χ1n) is 7.19. The highest BCUT2D eigenvalue weighted by Crippen LogP contribution is 2.13. The Morgan fingerprint density at radius 2 is 1.76 bits per heavy atom. The molecule has 2 rings (SSSR count). The molecule has 0 spiro atoms. The van der Waals surface area contributed by atoms with Crippen LogP contribution in [0.2, 0.25) is 0 Å². The molecule has 5 heteroatoms. The molecule has 4 nitrogen and oxygen atoms in total. The highest BCUT2D eigenvalue weighted by atomic mass is 35.5. The molecule has 0 atom stereocenters. The molecule has 0 aliphatic rings. The summed E-state index contributed by atoms with van der Waals surface area (Å²) in [6.45, 7) is 6.18. The molecule has 1 aromatic carbocycles. The van der Waals surface area contributed by atoms with E-state index in [0.717, 1.165) is 12.8 Å². The molecule has 0 fully saturated rings. The lowest BCUT2D eigenvalue weighted by atomic mass is 10.1. The lowest BCUT2D eigenvalue weighted by molar-refractivity contribution is 0.357. The van der Waals surface area contributed by atoms with Crippen LogP contribution in [0.5, 0.6) is 0 Å². The van der Waals surface area contributed by atoms with Gasteiger partial charge in [-0.3, -0.25) is 13.9 Å². The monoisotopic (exact) mass is 308 g/mol. The maximum absolute atomic E-state index is 12.7. The van der Waals surface area contributed by atoms with Crippen molar-refractivity contribution in [2.75, 3.05) is 5.88 Å². The fourth-order valence-electron chi connectivity index (χ4n) is 2.49. The maximum atomic E-state index is 12.7. The van der Waals surface area contributed by atoms with Crippen molar-refractivity contribution in [3.8, 4) is 0 Å². The minimum absolute atomic E-state index is 0.225. The topological polar surface area (TPSA) is 44.0 Å². The van der Waals surface area contributed by atoms with E-state index in [9.17, 15) is 9.59 Å². The zero-order valence-corrected chi connectivity index (χ0v) is 13.5. The standard InChI is InChI=1S/C16H21ClN2O2/c1-16(2,3)19-14(20)12-8-4-5-9-13(12)18(15(19)21)11-7-6-10-17/h4-5,8-9H,6-7,10-11H2,1-3H3. The van der Waals surface area contributed by atoms with Gasteiger partial charge in [-0.1, -0.05) is 12.1 Å². The Hall–Kier alpha value is -1.55. The number of para-hydroxylation sites is 1. The van der Waals surface area contributed by atoms with Gasteiger partial charge < -0.3 is 0 Å². The first kappa shape index (κ1) is 15.8. The number of unbranched alkanes of at least 4 members (excludes halogenated alkanes) is 1. The summed E-state index contributed by atoms with van der Waals surface area (Å²) >= 11 is 5.71. The molecule has 0 saturated heterocycles. The van der Waals surface area contributed by atoms with Gasteiger partial charge in [-0.15, -0.1) is 11.6 Å². The summed E-state index contributed by atoms with van der Waals surface area (Å²) in [5.41, 5.74) is -0.327. The van der Waals surface area contributed by atoms with E-state index in [-0.39, 0.29) is 11.2 Å². The number of hydrogen-bond donors (Lipinski definition) is 0. The molecule has 0 bridgehead atoms. The van der Waals surface area contributed by atoms with Gasteiger partial charge in [0.05, 0.1) is 10.9 Å². The number of hydrogen-bond acceptors (Lipinski definition) is 2.